The Kier molecular flexibility index (Phi) is 2.65. The number of allylic oxidation sites excluding steroid dienone is 1. The SMILES string of the molecule is CC1=CC(C(F)(F)F)=NC(=O)C1C(N)=O. The van der Waals surface area contributed by atoms with E-state index in [1.807, 2.05) is 0 Å². The molecule has 1 unspecified atom stereocenters. The van der Waals surface area contributed by atoms with Gasteiger partial charge in [-0.2, -0.15) is 13.2 Å². The molecule has 0 bridgehead atoms. The number of rotatable bonds is 1. The monoisotopic (exact) mass is 220 g/mol. The Hall–Kier alpha value is -1.66. The summed E-state index contributed by atoms with van der Waals surface area (Å²) in [6.45, 7) is 1.23. The summed E-state index contributed by atoms with van der Waals surface area (Å²) >= 11 is 0. The summed E-state index contributed by atoms with van der Waals surface area (Å²) < 4.78 is 36.5. The van der Waals surface area contributed by atoms with Crippen molar-refractivity contribution in [3.8, 4) is 0 Å². The van der Waals surface area contributed by atoms with Crippen molar-refractivity contribution in [2.45, 2.75) is 13.1 Å². The van der Waals surface area contributed by atoms with Gasteiger partial charge in [0.2, 0.25) is 5.91 Å². The van der Waals surface area contributed by atoms with Crippen LogP contribution in [0.2, 0.25) is 0 Å². The zero-order chi connectivity index (χ0) is 11.8. The first-order chi connectivity index (χ1) is 6.73. The molecule has 0 saturated heterocycles. The number of aliphatic imine (C=N–C) groups is 1. The summed E-state index contributed by atoms with van der Waals surface area (Å²) in [6, 6.07) is 0. The number of halogens is 3. The number of carbonyl (C=O) groups excluding carboxylic acids is 2. The Balaban J connectivity index is 3.11. The number of hydrogen-bond acceptors (Lipinski definition) is 2. The van der Waals surface area contributed by atoms with E-state index in [0.717, 1.165) is 0 Å². The van der Waals surface area contributed by atoms with Gasteiger partial charge < -0.3 is 5.73 Å². The lowest BCUT2D eigenvalue weighted by molar-refractivity contribution is -0.130. The number of nitrogens with zero attached hydrogens (tertiary/aromatic N) is 1. The maximum Gasteiger partial charge on any atom is 0.433 e. The Morgan fingerprint density at radius 2 is 2.07 bits per heavy atom. The summed E-state index contributed by atoms with van der Waals surface area (Å²) in [5.41, 5.74) is 3.50. The molecule has 0 saturated carbocycles. The van der Waals surface area contributed by atoms with Crippen LogP contribution in [0.4, 0.5) is 13.2 Å². The lowest BCUT2D eigenvalue weighted by Crippen LogP contribution is -2.36. The van der Waals surface area contributed by atoms with Crippen molar-refractivity contribution in [3.63, 3.8) is 0 Å². The smallest absolute Gasteiger partial charge is 0.369 e. The normalized spacial score (nSPS) is 22.1. The van der Waals surface area contributed by atoms with Gasteiger partial charge in [0.15, 0.2) is 0 Å². The van der Waals surface area contributed by atoms with Crippen LogP contribution in [0, 0.1) is 5.92 Å². The molecule has 1 atom stereocenters. The third-order valence-corrected chi connectivity index (χ3v) is 1.87. The molecule has 82 valence electrons. The number of hydrogen-bond donors (Lipinski definition) is 1. The van der Waals surface area contributed by atoms with E-state index >= 15 is 0 Å². The lowest BCUT2D eigenvalue weighted by Gasteiger charge is -2.17. The molecule has 0 aliphatic carbocycles. The number of primary amides is 1. The zero-order valence-corrected chi connectivity index (χ0v) is 7.63. The molecule has 2 N–H and O–H groups in total. The standard InChI is InChI=1S/C8H7F3N2O2/c1-3-2-4(8(9,10)11)13-7(15)5(3)6(12)14/h2,5H,1H3,(H2,12,14). The minimum absolute atomic E-state index is 0.0465. The summed E-state index contributed by atoms with van der Waals surface area (Å²) in [5, 5.41) is 0. The van der Waals surface area contributed by atoms with Crippen LogP contribution in [0.3, 0.4) is 0 Å². The highest BCUT2D eigenvalue weighted by Gasteiger charge is 2.40. The van der Waals surface area contributed by atoms with E-state index in [-0.39, 0.29) is 5.57 Å². The van der Waals surface area contributed by atoms with E-state index in [0.29, 0.717) is 6.08 Å². The molecular formula is C8H7F3N2O2. The highest BCUT2D eigenvalue weighted by molar-refractivity contribution is 6.15. The summed E-state index contributed by atoms with van der Waals surface area (Å²) in [7, 11) is 0. The maximum atomic E-state index is 12.2. The Morgan fingerprint density at radius 1 is 1.53 bits per heavy atom. The molecule has 0 aromatic carbocycles. The fraction of sp³-hybridized carbons (Fsp3) is 0.375. The second kappa shape index (κ2) is 3.48. The van der Waals surface area contributed by atoms with E-state index < -0.39 is 29.6 Å². The molecule has 7 heteroatoms. The van der Waals surface area contributed by atoms with Crippen LogP contribution in [-0.2, 0) is 9.59 Å². The third-order valence-electron chi connectivity index (χ3n) is 1.87. The quantitative estimate of drug-likeness (QED) is 0.656. The summed E-state index contributed by atoms with van der Waals surface area (Å²) in [5.74, 6) is -3.55. The molecule has 0 aromatic heterocycles. The molecule has 1 aliphatic rings. The first-order valence-corrected chi connectivity index (χ1v) is 3.90. The Bertz CT molecular complexity index is 382. The molecule has 2 amide bonds. The van der Waals surface area contributed by atoms with Gasteiger partial charge in [0.1, 0.15) is 11.6 Å². The molecular weight excluding hydrogens is 213 g/mol. The number of dihydropyridines is 1. The van der Waals surface area contributed by atoms with Gasteiger partial charge in [0.25, 0.3) is 5.91 Å². The molecule has 4 nitrogen and oxygen atoms in total. The molecule has 1 rings (SSSR count). The molecule has 0 radical (unpaired) electrons. The van der Waals surface area contributed by atoms with Crippen molar-refractivity contribution in [3.05, 3.63) is 11.6 Å². The topological polar surface area (TPSA) is 72.5 Å². The van der Waals surface area contributed by atoms with Crippen LogP contribution < -0.4 is 5.73 Å². The highest BCUT2D eigenvalue weighted by Crippen LogP contribution is 2.25. The van der Waals surface area contributed by atoms with Gasteiger partial charge in [0, 0.05) is 0 Å². The van der Waals surface area contributed by atoms with Gasteiger partial charge in [-0.25, -0.2) is 4.99 Å². The average Bonchev–Trinajstić information content (AvgIpc) is 1.99. The second-order valence-corrected chi connectivity index (χ2v) is 3.06. The van der Waals surface area contributed by atoms with Gasteiger partial charge in [-0.1, -0.05) is 0 Å². The Labute approximate surface area is 82.7 Å². The third kappa shape index (κ3) is 2.23. The minimum Gasteiger partial charge on any atom is -0.369 e. The molecule has 15 heavy (non-hydrogen) atoms. The Morgan fingerprint density at radius 3 is 2.40 bits per heavy atom. The predicted octanol–water partition coefficient (Wildman–Crippen LogP) is 0.578. The van der Waals surface area contributed by atoms with E-state index in [2.05, 4.69) is 4.99 Å². The van der Waals surface area contributed by atoms with Crippen LogP contribution in [-0.4, -0.2) is 23.7 Å². The largest absolute Gasteiger partial charge is 0.433 e. The van der Waals surface area contributed by atoms with Crippen LogP contribution in [0.15, 0.2) is 16.6 Å². The zero-order valence-electron chi connectivity index (χ0n) is 7.63. The first-order valence-electron chi connectivity index (χ1n) is 3.90. The van der Waals surface area contributed by atoms with E-state index in [9.17, 15) is 22.8 Å². The fourth-order valence-electron chi connectivity index (χ4n) is 1.20. The molecule has 0 spiro atoms. The van der Waals surface area contributed by atoms with Crippen molar-refractivity contribution >= 4 is 17.5 Å². The molecule has 0 aromatic rings. The van der Waals surface area contributed by atoms with Crippen LogP contribution in [0.25, 0.3) is 0 Å². The number of carbonyl (C=O) groups is 2. The molecule has 0 fully saturated rings. The first kappa shape index (κ1) is 11.4. The fourth-order valence-corrected chi connectivity index (χ4v) is 1.20. The molecule has 1 heterocycles. The lowest BCUT2D eigenvalue weighted by atomic mass is 9.95. The van der Waals surface area contributed by atoms with E-state index in [1.54, 1.807) is 0 Å². The average molecular weight is 220 g/mol. The van der Waals surface area contributed by atoms with E-state index in [4.69, 9.17) is 5.73 Å². The van der Waals surface area contributed by atoms with Crippen molar-refractivity contribution in [1.82, 2.24) is 0 Å². The van der Waals surface area contributed by atoms with Gasteiger partial charge in [-0.15, -0.1) is 0 Å². The number of alkyl halides is 3. The molecule has 1 aliphatic heterocycles. The predicted molar refractivity (Wildman–Crippen MR) is 44.9 cm³/mol. The van der Waals surface area contributed by atoms with Gasteiger partial charge in [-0.05, 0) is 18.6 Å². The number of nitrogens with two attached hydrogens (primary N) is 1. The van der Waals surface area contributed by atoms with Gasteiger partial charge >= 0.3 is 6.18 Å². The maximum absolute atomic E-state index is 12.2. The summed E-state index contributed by atoms with van der Waals surface area (Å²) in [4.78, 5) is 24.6. The number of amides is 2. The van der Waals surface area contributed by atoms with Crippen molar-refractivity contribution in [2.75, 3.05) is 0 Å². The summed E-state index contributed by atoms with van der Waals surface area (Å²) in [6.07, 6.45) is -4.05. The highest BCUT2D eigenvalue weighted by atomic mass is 19.4. The van der Waals surface area contributed by atoms with Crippen molar-refractivity contribution in [1.29, 1.82) is 0 Å². The van der Waals surface area contributed by atoms with E-state index in [1.165, 1.54) is 6.92 Å². The van der Waals surface area contributed by atoms with Crippen molar-refractivity contribution < 1.29 is 22.8 Å². The minimum atomic E-state index is -4.69. The van der Waals surface area contributed by atoms with Crippen LogP contribution in [0.1, 0.15) is 6.92 Å². The van der Waals surface area contributed by atoms with Crippen LogP contribution >= 0.6 is 0 Å². The van der Waals surface area contributed by atoms with Gasteiger partial charge in [0.05, 0.1) is 0 Å². The van der Waals surface area contributed by atoms with Crippen LogP contribution in [0.5, 0.6) is 0 Å². The van der Waals surface area contributed by atoms with Crippen molar-refractivity contribution in [2.24, 2.45) is 16.6 Å². The second-order valence-electron chi connectivity index (χ2n) is 3.06. The van der Waals surface area contributed by atoms with Gasteiger partial charge in [-0.3, -0.25) is 9.59 Å².